The Morgan fingerprint density at radius 3 is 2.25 bits per heavy atom. The van der Waals surface area contributed by atoms with Crippen molar-refractivity contribution in [1.82, 2.24) is 0 Å². The van der Waals surface area contributed by atoms with Crippen molar-refractivity contribution in [3.63, 3.8) is 0 Å². The summed E-state index contributed by atoms with van der Waals surface area (Å²) in [7, 11) is -1.45. The summed E-state index contributed by atoms with van der Waals surface area (Å²) in [5, 5.41) is 32.3. The third-order valence-corrected chi connectivity index (χ3v) is 12.8. The summed E-state index contributed by atoms with van der Waals surface area (Å²) in [5.74, 6) is 3.74. The number of allylic oxidation sites excluding steroid dienone is 9. The van der Waals surface area contributed by atoms with Gasteiger partial charge in [0.2, 0.25) is 5.91 Å². The number of nitriles is 3. The Balaban J connectivity index is 1.36. The molecule has 0 fully saturated rings. The zero-order valence-corrected chi connectivity index (χ0v) is 38.6. The van der Waals surface area contributed by atoms with Gasteiger partial charge in [-0.05, 0) is 116 Å². The molecule has 0 saturated carbocycles. The lowest BCUT2D eigenvalue weighted by molar-refractivity contribution is -0.116. The van der Waals surface area contributed by atoms with Crippen molar-refractivity contribution in [2.75, 3.05) is 16.8 Å². The lowest BCUT2D eigenvalue weighted by Gasteiger charge is -2.36. The summed E-state index contributed by atoms with van der Waals surface area (Å²) >= 11 is 0. The number of benzene rings is 2. The first-order chi connectivity index (χ1) is 28.2. The maximum Gasteiger partial charge on any atom is 0.224 e. The summed E-state index contributed by atoms with van der Waals surface area (Å²) in [5.41, 5.74) is 12.3. The number of carbonyl (C=O) groups excluding carboxylic acids is 1. The minimum atomic E-state index is -1.45. The van der Waals surface area contributed by atoms with Crippen molar-refractivity contribution in [1.29, 1.82) is 15.8 Å². The number of rotatable bonds is 10. The van der Waals surface area contributed by atoms with Crippen molar-refractivity contribution < 1.29 is 9.53 Å². The topological polar surface area (TPSA) is 113 Å². The Labute approximate surface area is 360 Å². The molecule has 2 heterocycles. The average Bonchev–Trinajstić information content (AvgIpc) is 3.56. The van der Waals surface area contributed by atoms with Crippen LogP contribution < -0.4 is 10.2 Å². The van der Waals surface area contributed by atoms with E-state index in [1.807, 2.05) is 56.3 Å². The first-order valence-electron chi connectivity index (χ1n) is 21.2. The van der Waals surface area contributed by atoms with Crippen LogP contribution in [0.4, 0.5) is 11.4 Å². The first-order valence-corrected chi connectivity index (χ1v) is 24.7. The smallest absolute Gasteiger partial charge is 0.224 e. The molecular weight excluding hydrogens is 755 g/mol. The fourth-order valence-corrected chi connectivity index (χ4v) is 8.71. The normalized spacial score (nSPS) is 19.7. The summed E-state index contributed by atoms with van der Waals surface area (Å²) in [6.07, 6.45) is 13.7. The molecule has 60 heavy (non-hydrogen) atoms. The molecule has 1 unspecified atom stereocenters. The number of nitrogens with zero attached hydrogens (tertiary/aromatic N) is 4. The molecular formula is C52H61N5O2Si. The number of hydrogen-bond donors (Lipinski definition) is 1. The van der Waals surface area contributed by atoms with E-state index in [-0.39, 0.29) is 33.6 Å². The quantitative estimate of drug-likeness (QED) is 0.111. The lowest BCUT2D eigenvalue weighted by atomic mass is 9.69. The maximum absolute atomic E-state index is 12.9. The van der Waals surface area contributed by atoms with Gasteiger partial charge < -0.3 is 15.0 Å². The van der Waals surface area contributed by atoms with Gasteiger partial charge in [-0.1, -0.05) is 103 Å². The van der Waals surface area contributed by atoms with Gasteiger partial charge in [0, 0.05) is 46.6 Å². The zero-order chi connectivity index (χ0) is 44.0. The monoisotopic (exact) mass is 815 g/mol. The van der Waals surface area contributed by atoms with E-state index in [0.717, 1.165) is 49.9 Å². The van der Waals surface area contributed by atoms with Gasteiger partial charge in [0.1, 0.15) is 37.5 Å². The van der Waals surface area contributed by atoms with E-state index < -0.39 is 13.7 Å². The standard InChI is InChI=1S/C52H61N5O2Si/c1-36-38(22-26-44-43(35-55)49(40(33-53)34-54)59-52(44,7)8)31-41(50(2,3)4)32-39(36)23-27-47-51(5,6)45-17-14-15-18-46(45)57(47)29-16-12-13-19-48(58)56-42-24-20-37(21-25-42)28-30-60(9,10)11/h14-15,17-18,20-27,41H,12-13,16,19,29,31-32H2,1-11H3,(H,56,58)/b26-22+,39-23+,47-27+. The molecule has 0 spiro atoms. The van der Waals surface area contributed by atoms with Gasteiger partial charge in [-0.2, -0.15) is 15.8 Å². The van der Waals surface area contributed by atoms with Gasteiger partial charge in [-0.25, -0.2) is 0 Å². The van der Waals surface area contributed by atoms with Crippen LogP contribution in [0.15, 0.2) is 118 Å². The molecule has 8 heteroatoms. The van der Waals surface area contributed by atoms with Gasteiger partial charge in [0.25, 0.3) is 0 Å². The summed E-state index contributed by atoms with van der Waals surface area (Å²) < 4.78 is 6.04. The number of unbranched alkanes of at least 4 members (excludes halogenated alkanes) is 2. The molecule has 1 N–H and O–H groups in total. The largest absolute Gasteiger partial charge is 0.480 e. The Kier molecular flexibility index (Phi) is 13.7. The molecule has 0 saturated heterocycles. The van der Waals surface area contributed by atoms with E-state index in [0.29, 0.717) is 17.9 Å². The minimum absolute atomic E-state index is 0.0331. The Hall–Kier alpha value is -5.80. The highest BCUT2D eigenvalue weighted by molar-refractivity contribution is 6.83. The van der Waals surface area contributed by atoms with Crippen LogP contribution in [0.3, 0.4) is 0 Å². The van der Waals surface area contributed by atoms with Gasteiger partial charge in [0.05, 0.1) is 0 Å². The first kappa shape index (κ1) is 45.3. The third kappa shape index (κ3) is 10.5. The molecule has 0 bridgehead atoms. The van der Waals surface area contributed by atoms with Crippen LogP contribution in [0.1, 0.15) is 105 Å². The Bertz CT molecular complexity index is 2380. The molecule has 0 radical (unpaired) electrons. The fraction of sp³-hybridized carbons (Fsp3) is 0.423. The molecule has 310 valence electrons. The van der Waals surface area contributed by atoms with Crippen molar-refractivity contribution >= 4 is 25.4 Å². The second kappa shape index (κ2) is 18.2. The SMILES string of the molecule is CC1=C(/C=C/C2=C(C#N)C(=C(C#N)C#N)OC2(C)C)CC(C(C)(C)C)C/C1=C\C=C1\N(CCCCCC(=O)Nc2ccc(C#C[Si](C)(C)C)cc2)c2ccccc2C1(C)C. The van der Waals surface area contributed by atoms with Crippen molar-refractivity contribution in [3.05, 3.63) is 129 Å². The van der Waals surface area contributed by atoms with Crippen molar-refractivity contribution in [2.24, 2.45) is 11.3 Å². The summed E-state index contributed by atoms with van der Waals surface area (Å²) in [6, 6.07) is 22.5. The van der Waals surface area contributed by atoms with Crippen LogP contribution in [0.5, 0.6) is 0 Å². The molecule has 7 nitrogen and oxygen atoms in total. The Morgan fingerprint density at radius 2 is 1.62 bits per heavy atom. The molecule has 0 aromatic heterocycles. The second-order valence-electron chi connectivity index (χ2n) is 19.4. The molecule has 2 aromatic carbocycles. The lowest BCUT2D eigenvalue weighted by Crippen LogP contribution is -2.27. The number of para-hydroxylation sites is 1. The highest BCUT2D eigenvalue weighted by atomic mass is 28.3. The van der Waals surface area contributed by atoms with E-state index in [2.05, 4.69) is 131 Å². The maximum atomic E-state index is 12.9. The predicted octanol–water partition coefficient (Wildman–Crippen LogP) is 12.3. The highest BCUT2D eigenvalue weighted by Gasteiger charge is 2.41. The fourth-order valence-electron chi connectivity index (χ4n) is 8.19. The van der Waals surface area contributed by atoms with Gasteiger partial charge >= 0.3 is 0 Å². The van der Waals surface area contributed by atoms with Crippen LogP contribution in [-0.2, 0) is 14.9 Å². The average molecular weight is 816 g/mol. The van der Waals surface area contributed by atoms with E-state index in [4.69, 9.17) is 4.74 Å². The van der Waals surface area contributed by atoms with Crippen LogP contribution >= 0.6 is 0 Å². The van der Waals surface area contributed by atoms with E-state index in [1.165, 1.54) is 33.7 Å². The number of fused-ring (bicyclic) bond motifs is 1. The molecule has 5 rings (SSSR count). The molecule has 1 aliphatic carbocycles. The van der Waals surface area contributed by atoms with Crippen molar-refractivity contribution in [2.45, 2.75) is 125 Å². The molecule has 3 aliphatic rings. The second-order valence-corrected chi connectivity index (χ2v) is 24.1. The van der Waals surface area contributed by atoms with Crippen LogP contribution in [-0.4, -0.2) is 26.1 Å². The molecule has 1 atom stereocenters. The number of amides is 1. The van der Waals surface area contributed by atoms with Crippen molar-refractivity contribution in [3.8, 4) is 29.7 Å². The number of anilines is 2. The Morgan fingerprint density at radius 1 is 0.933 bits per heavy atom. The van der Waals surface area contributed by atoms with E-state index >= 15 is 0 Å². The molecule has 1 amide bonds. The van der Waals surface area contributed by atoms with Crippen LogP contribution in [0.2, 0.25) is 19.6 Å². The van der Waals surface area contributed by atoms with Gasteiger partial charge in [0.15, 0.2) is 11.3 Å². The van der Waals surface area contributed by atoms with E-state index in [9.17, 15) is 20.6 Å². The zero-order valence-electron chi connectivity index (χ0n) is 37.6. The number of hydrogen-bond acceptors (Lipinski definition) is 6. The molecule has 2 aromatic rings. The van der Waals surface area contributed by atoms with E-state index in [1.54, 1.807) is 0 Å². The molecule has 2 aliphatic heterocycles. The number of nitrogens with one attached hydrogen (secondary N) is 1. The van der Waals surface area contributed by atoms with Gasteiger partial charge in [-0.3, -0.25) is 4.79 Å². The van der Waals surface area contributed by atoms with Crippen LogP contribution in [0, 0.1) is 56.8 Å². The third-order valence-electron chi connectivity index (χ3n) is 11.9. The predicted molar refractivity (Wildman–Crippen MR) is 247 cm³/mol. The van der Waals surface area contributed by atoms with Gasteiger partial charge in [-0.15, -0.1) is 5.54 Å². The minimum Gasteiger partial charge on any atom is -0.480 e. The van der Waals surface area contributed by atoms with Crippen LogP contribution in [0.25, 0.3) is 0 Å². The summed E-state index contributed by atoms with van der Waals surface area (Å²) in [6.45, 7) is 25.0. The number of carbonyl (C=O) groups is 1. The summed E-state index contributed by atoms with van der Waals surface area (Å²) in [4.78, 5) is 15.3. The highest BCUT2D eigenvalue weighted by Crippen LogP contribution is 2.49. The number of ether oxygens (including phenoxy) is 1.